The van der Waals surface area contributed by atoms with E-state index in [4.69, 9.17) is 0 Å². The monoisotopic (exact) mass is 1590 g/mol. The van der Waals surface area contributed by atoms with Crippen molar-refractivity contribution in [2.75, 3.05) is 0 Å². The van der Waals surface area contributed by atoms with Gasteiger partial charge in [0.1, 0.15) is 24.6 Å². The number of thiazole rings is 1. The Kier molecular flexibility index (Phi) is 144. The Bertz CT molecular complexity index is 2100. The van der Waals surface area contributed by atoms with Crippen LogP contribution in [0.2, 0.25) is 0 Å². The minimum Gasteiger partial charge on any atom is -0.452 e. The Hall–Kier alpha value is -6.94. The van der Waals surface area contributed by atoms with E-state index in [9.17, 15) is 0 Å². The van der Waals surface area contributed by atoms with E-state index < -0.39 is 0 Å². The molecule has 0 saturated carbocycles. The van der Waals surface area contributed by atoms with Crippen molar-refractivity contribution in [1.29, 1.82) is 0 Å². The third kappa shape index (κ3) is 330. The summed E-state index contributed by atoms with van der Waals surface area (Å²) in [5.41, 5.74) is 4.91. The Morgan fingerprint density at radius 1 is 0.304 bits per heavy atom. The molecule has 0 bridgehead atoms. The predicted octanol–water partition coefficient (Wildman–Crippen LogP) is 33.0. The summed E-state index contributed by atoms with van der Waals surface area (Å²) < 4.78 is 6.44. The molecule has 660 valence electrons. The van der Waals surface area contributed by atoms with Crippen molar-refractivity contribution < 1.29 is 4.42 Å². The number of aromatic amines is 5. The molecule has 1 aromatic carbocycles. The number of benzene rings is 1. The second kappa shape index (κ2) is 117. The first-order valence-corrected chi connectivity index (χ1v) is 42.7. The van der Waals surface area contributed by atoms with Crippen LogP contribution in [-0.4, -0.2) is 69.4 Å². The molecular weight excluding hydrogens is 1400 g/mol. The van der Waals surface area contributed by atoms with Crippen LogP contribution in [0.1, 0.15) is 332 Å². The zero-order chi connectivity index (χ0) is 90.7. The average molecular weight is 1590 g/mol. The van der Waals surface area contributed by atoms with E-state index in [1.165, 1.54) is 25.3 Å². The number of hydrogen-bond acceptors (Lipinski definition) is 10. The highest BCUT2D eigenvalue weighted by molar-refractivity contribution is 7.07. The molecule has 16 heteroatoms. The first-order valence-electron chi connectivity index (χ1n) is 41.8. The molecule has 0 amide bonds. The van der Waals surface area contributed by atoms with Gasteiger partial charge in [0.25, 0.3) is 0 Å². The first kappa shape index (κ1) is 137. The van der Waals surface area contributed by atoms with Crippen LogP contribution in [0.4, 0.5) is 0 Å². The van der Waals surface area contributed by atoms with Gasteiger partial charge in [0.05, 0.1) is 41.7 Å². The van der Waals surface area contributed by atoms with E-state index in [2.05, 4.69) is 402 Å². The molecule has 15 nitrogen and oxygen atoms in total. The Balaban J connectivity index is -0.0000000751. The first-order chi connectivity index (χ1) is 51.6. The van der Waals surface area contributed by atoms with Crippen LogP contribution in [0.3, 0.4) is 0 Å². The lowest BCUT2D eigenvalue weighted by atomic mass is 10.3. The van der Waals surface area contributed by atoms with Crippen LogP contribution in [-0.2, 0) is 0 Å². The number of nitrogens with one attached hydrogen (secondary N) is 5. The molecule has 0 unspecified atom stereocenters. The number of imidazole rings is 4. The lowest BCUT2D eigenvalue weighted by Crippen LogP contribution is -1.77. The molecule has 10 aromatic rings. The molecule has 9 heterocycles. The number of H-pyrrole nitrogens is 5. The molecule has 112 heavy (non-hydrogen) atoms. The van der Waals surface area contributed by atoms with Gasteiger partial charge in [-0.25, -0.2) is 29.9 Å². The normalized spacial score (nSPS) is 8.93. The summed E-state index contributed by atoms with van der Waals surface area (Å²) in [5, 5.41) is 7.92. The minimum atomic E-state index is 0.833. The molecule has 0 aliphatic heterocycles. The summed E-state index contributed by atoms with van der Waals surface area (Å²) in [6.45, 7) is 104. The quantitative estimate of drug-likeness (QED) is 0.0980. The standard InChI is InChI=1S/2C7H6N2.C4H5N.16C4H10.2C3H4N2.C3H3NO.C3H3NS.C2H3N3/c1-2-5-9-6-4-8-7(9)3-1;1-2-4-7-6(3-1)8-5-9-7;1-2-4-5-3-1;16*1-4(2)3;4*1-2-5-3-4-1;1-3-2-5-4-1/h1-6H;1-5H,(H,8,9);1-5H;16*4H,1-3H3;2*1-3H,(H,4,5);2*1-3H;1-2H,(H,3,4,5). The van der Waals surface area contributed by atoms with Gasteiger partial charge < -0.3 is 28.8 Å². The molecule has 10 rings (SSSR count). The Labute approximate surface area is 702 Å². The topological polar surface area (TPSA) is 200 Å². The minimum absolute atomic E-state index is 0.833. The third-order valence-corrected chi connectivity index (χ3v) is 5.49. The summed E-state index contributed by atoms with van der Waals surface area (Å²) in [4.78, 5) is 37.7. The molecular formula is C96H194N14OS. The Morgan fingerprint density at radius 3 is 0.839 bits per heavy atom. The zero-order valence-corrected chi connectivity index (χ0v) is 83.6. The molecule has 0 aliphatic rings. The number of fused-ring (bicyclic) bond motifs is 2. The van der Waals surface area contributed by atoms with Crippen molar-refractivity contribution in [1.82, 2.24) is 69.4 Å². The van der Waals surface area contributed by atoms with Crippen molar-refractivity contribution in [3.8, 4) is 0 Å². The van der Waals surface area contributed by atoms with Gasteiger partial charge in [-0.1, -0.05) is 351 Å². The molecule has 9 aromatic heterocycles. The molecule has 0 aliphatic carbocycles. The average Bonchev–Trinajstić information content (AvgIpc) is 1.76. The summed E-state index contributed by atoms with van der Waals surface area (Å²) in [6.07, 6.45) is 30.5. The van der Waals surface area contributed by atoms with E-state index >= 15 is 0 Å². The van der Waals surface area contributed by atoms with Gasteiger partial charge in [0, 0.05) is 67.3 Å². The molecule has 0 radical (unpaired) electrons. The highest BCUT2D eigenvalue weighted by atomic mass is 32.1. The van der Waals surface area contributed by atoms with Gasteiger partial charge in [0.15, 0.2) is 6.39 Å². The van der Waals surface area contributed by atoms with Gasteiger partial charge in [-0.3, -0.25) is 10.1 Å². The largest absolute Gasteiger partial charge is 0.452 e. The molecule has 5 N–H and O–H groups in total. The number of pyridine rings is 1. The van der Waals surface area contributed by atoms with Gasteiger partial charge in [0.2, 0.25) is 0 Å². The number of aromatic nitrogens is 14. The van der Waals surface area contributed by atoms with Crippen LogP contribution in [0.5, 0.6) is 0 Å². The zero-order valence-electron chi connectivity index (χ0n) is 82.8. The lowest BCUT2D eigenvalue weighted by molar-refractivity contribution is 0.558. The second-order valence-corrected chi connectivity index (χ2v) is 36.7. The van der Waals surface area contributed by atoms with Crippen molar-refractivity contribution in [2.24, 2.45) is 94.7 Å². The van der Waals surface area contributed by atoms with Gasteiger partial charge >= 0.3 is 0 Å². The molecule has 0 fully saturated rings. The van der Waals surface area contributed by atoms with E-state index in [-0.39, 0.29) is 0 Å². The smallest absolute Gasteiger partial charge is 0.180 e. The third-order valence-electron chi connectivity index (χ3n) is 4.96. The lowest BCUT2D eigenvalue weighted by Gasteiger charge is -1.86. The Morgan fingerprint density at radius 2 is 0.652 bits per heavy atom. The highest BCUT2D eigenvalue weighted by Gasteiger charge is 1.89. The predicted molar refractivity (Wildman–Crippen MR) is 512 cm³/mol. The second-order valence-electron chi connectivity index (χ2n) is 35.9. The van der Waals surface area contributed by atoms with Crippen LogP contribution in [0, 0.1) is 94.7 Å². The molecule has 0 spiro atoms. The maximum Gasteiger partial charge on any atom is 0.180 e. The maximum atomic E-state index is 4.47. The SMILES string of the molecule is CC(C)C.CC(C)C.CC(C)C.CC(C)C.CC(C)C.CC(C)C.CC(C)C.CC(C)C.CC(C)C.CC(C)C.CC(C)C.CC(C)C.CC(C)C.CC(C)C.CC(C)C.CC(C)C.c1c[nH]cn1.c1c[nH]cn1.c1cc[nH]c1.c1ccc2[nH]cnc2c1.c1ccn2ccnc2c1.c1cocn1.c1cscn1.c1nc[nH]n1. The summed E-state index contributed by atoms with van der Waals surface area (Å²) >= 11 is 1.60. The van der Waals surface area contributed by atoms with Crippen LogP contribution in [0.15, 0.2) is 182 Å². The van der Waals surface area contributed by atoms with E-state index in [0.29, 0.717) is 0 Å². The number of nitrogens with zero attached hydrogens (tertiary/aromatic N) is 9. The van der Waals surface area contributed by atoms with Gasteiger partial charge in [-0.15, -0.1) is 11.3 Å². The van der Waals surface area contributed by atoms with Crippen LogP contribution < -0.4 is 0 Å². The van der Waals surface area contributed by atoms with E-state index in [1.54, 1.807) is 79.2 Å². The summed E-state index contributed by atoms with van der Waals surface area (Å²) in [7, 11) is 0. The number of para-hydroxylation sites is 2. The van der Waals surface area contributed by atoms with Crippen molar-refractivity contribution >= 4 is 28.0 Å². The van der Waals surface area contributed by atoms with Crippen LogP contribution >= 0.6 is 11.3 Å². The van der Waals surface area contributed by atoms with Gasteiger partial charge in [-0.05, 0) is 131 Å². The van der Waals surface area contributed by atoms with Gasteiger partial charge in [-0.2, -0.15) is 5.10 Å². The van der Waals surface area contributed by atoms with Crippen molar-refractivity contribution in [3.05, 3.63) is 178 Å². The fraction of sp³-hybridized carbons (Fsp3) is 0.667. The summed E-state index contributed by atoms with van der Waals surface area (Å²) in [6, 6.07) is 17.8. The van der Waals surface area contributed by atoms with E-state index in [0.717, 1.165) is 111 Å². The van der Waals surface area contributed by atoms with Crippen molar-refractivity contribution in [2.45, 2.75) is 332 Å². The van der Waals surface area contributed by atoms with Crippen LogP contribution in [0.25, 0.3) is 16.7 Å². The summed E-state index contributed by atoms with van der Waals surface area (Å²) in [5.74, 6) is 13.3. The molecule has 0 atom stereocenters. The fourth-order valence-electron chi connectivity index (χ4n) is 2.97. The fourth-order valence-corrected chi connectivity index (χ4v) is 3.32. The number of hydrogen-bond donors (Lipinski definition) is 5. The highest BCUT2D eigenvalue weighted by Crippen LogP contribution is 2.05. The van der Waals surface area contributed by atoms with E-state index in [1.807, 2.05) is 89.2 Å². The molecule has 0 saturated heterocycles. The van der Waals surface area contributed by atoms with Crippen molar-refractivity contribution in [3.63, 3.8) is 0 Å². The number of rotatable bonds is 0. The maximum absolute atomic E-state index is 4.47. The number of oxazole rings is 1.